The summed E-state index contributed by atoms with van der Waals surface area (Å²) in [5.74, 6) is 0. The van der Waals surface area contributed by atoms with Gasteiger partial charge < -0.3 is 4.40 Å². The van der Waals surface area contributed by atoms with Crippen molar-refractivity contribution >= 4 is 11.7 Å². The molecule has 13 heavy (non-hydrogen) atoms. The lowest BCUT2D eigenvalue weighted by Gasteiger charge is -1.96. The van der Waals surface area contributed by atoms with Crippen LogP contribution in [0.2, 0.25) is 0 Å². The Bertz CT molecular complexity index is 426. The SMILES string of the molecule is [CH2]CC=Cc1cccn2ccnc12. The van der Waals surface area contributed by atoms with Gasteiger partial charge in [0.05, 0.1) is 0 Å². The summed E-state index contributed by atoms with van der Waals surface area (Å²) in [5, 5.41) is 0. The van der Waals surface area contributed by atoms with Gasteiger partial charge in [0, 0.05) is 24.2 Å². The van der Waals surface area contributed by atoms with Crippen LogP contribution in [0, 0.1) is 6.92 Å². The van der Waals surface area contributed by atoms with Crippen molar-refractivity contribution in [3.05, 3.63) is 49.3 Å². The molecule has 0 amide bonds. The second-order valence-corrected chi connectivity index (χ2v) is 2.81. The highest BCUT2D eigenvalue weighted by Crippen LogP contribution is 2.10. The standard InChI is InChI=1S/C11H11N2/c1-2-3-5-10-6-4-8-13-9-7-12-11(10)13/h3-9H,1-2H2. The van der Waals surface area contributed by atoms with E-state index in [1.165, 1.54) is 0 Å². The number of imidazole rings is 1. The molecular formula is C11H11N2. The maximum absolute atomic E-state index is 4.26. The van der Waals surface area contributed by atoms with Crippen LogP contribution in [0.4, 0.5) is 0 Å². The molecule has 2 heterocycles. The Balaban J connectivity index is 2.54. The van der Waals surface area contributed by atoms with Gasteiger partial charge in [-0.15, -0.1) is 0 Å². The summed E-state index contributed by atoms with van der Waals surface area (Å²) in [4.78, 5) is 4.26. The Morgan fingerprint density at radius 2 is 2.38 bits per heavy atom. The van der Waals surface area contributed by atoms with Crippen LogP contribution in [0.5, 0.6) is 0 Å². The number of fused-ring (bicyclic) bond motifs is 1. The van der Waals surface area contributed by atoms with E-state index in [4.69, 9.17) is 0 Å². The Morgan fingerprint density at radius 3 is 3.23 bits per heavy atom. The average molecular weight is 171 g/mol. The summed E-state index contributed by atoms with van der Waals surface area (Å²) in [7, 11) is 0. The summed E-state index contributed by atoms with van der Waals surface area (Å²) < 4.78 is 2.00. The molecule has 0 unspecified atom stereocenters. The van der Waals surface area contributed by atoms with Crippen LogP contribution in [-0.2, 0) is 0 Å². The van der Waals surface area contributed by atoms with Crippen LogP contribution in [0.1, 0.15) is 12.0 Å². The fraction of sp³-hybridized carbons (Fsp3) is 0.0909. The smallest absolute Gasteiger partial charge is 0.143 e. The molecule has 0 aliphatic carbocycles. The van der Waals surface area contributed by atoms with Crippen LogP contribution in [0.3, 0.4) is 0 Å². The van der Waals surface area contributed by atoms with Gasteiger partial charge in [-0.05, 0) is 25.5 Å². The second kappa shape index (κ2) is 3.44. The third-order valence-electron chi connectivity index (χ3n) is 1.91. The Kier molecular flexibility index (Phi) is 2.13. The predicted molar refractivity (Wildman–Crippen MR) is 54.2 cm³/mol. The molecule has 2 aromatic rings. The third kappa shape index (κ3) is 1.47. The molecule has 2 nitrogen and oxygen atoms in total. The first-order chi connectivity index (χ1) is 6.42. The molecule has 0 N–H and O–H groups in total. The molecule has 65 valence electrons. The number of pyridine rings is 1. The minimum Gasteiger partial charge on any atom is -0.307 e. The third-order valence-corrected chi connectivity index (χ3v) is 1.91. The largest absolute Gasteiger partial charge is 0.307 e. The Hall–Kier alpha value is -1.57. The molecule has 2 heteroatoms. The molecular weight excluding hydrogens is 160 g/mol. The maximum Gasteiger partial charge on any atom is 0.143 e. The van der Waals surface area contributed by atoms with Gasteiger partial charge in [-0.25, -0.2) is 4.98 Å². The van der Waals surface area contributed by atoms with Crippen molar-refractivity contribution in [1.82, 2.24) is 9.38 Å². The zero-order valence-electron chi connectivity index (χ0n) is 7.35. The van der Waals surface area contributed by atoms with Gasteiger partial charge >= 0.3 is 0 Å². The lowest BCUT2D eigenvalue weighted by Crippen LogP contribution is -1.84. The van der Waals surface area contributed by atoms with Gasteiger partial charge in [0.25, 0.3) is 0 Å². The van der Waals surface area contributed by atoms with E-state index in [1.807, 2.05) is 28.9 Å². The molecule has 0 aliphatic rings. The molecule has 0 aromatic carbocycles. The normalized spacial score (nSPS) is 11.5. The molecule has 0 atom stereocenters. The van der Waals surface area contributed by atoms with Crippen LogP contribution >= 0.6 is 0 Å². The van der Waals surface area contributed by atoms with E-state index < -0.39 is 0 Å². The highest BCUT2D eigenvalue weighted by molar-refractivity contribution is 5.65. The molecule has 1 radical (unpaired) electrons. The number of hydrogen-bond acceptors (Lipinski definition) is 1. The number of aromatic nitrogens is 2. The fourth-order valence-electron chi connectivity index (χ4n) is 1.31. The second-order valence-electron chi connectivity index (χ2n) is 2.81. The van der Waals surface area contributed by atoms with E-state index in [0.717, 1.165) is 17.6 Å². The molecule has 0 aliphatic heterocycles. The van der Waals surface area contributed by atoms with Crippen molar-refractivity contribution < 1.29 is 0 Å². The summed E-state index contributed by atoms with van der Waals surface area (Å²) in [6.45, 7) is 3.75. The number of rotatable bonds is 2. The van der Waals surface area contributed by atoms with Gasteiger partial charge in [-0.2, -0.15) is 0 Å². The number of allylic oxidation sites excluding steroid dienone is 1. The molecule has 0 fully saturated rings. The lowest BCUT2D eigenvalue weighted by molar-refractivity contribution is 1.18. The minimum atomic E-state index is 0.807. The summed E-state index contributed by atoms with van der Waals surface area (Å²) in [6, 6.07) is 4.06. The molecule has 0 bridgehead atoms. The monoisotopic (exact) mass is 171 g/mol. The van der Waals surface area contributed by atoms with Crippen molar-refractivity contribution in [2.75, 3.05) is 0 Å². The zero-order chi connectivity index (χ0) is 9.10. The van der Waals surface area contributed by atoms with Gasteiger partial charge in [0.15, 0.2) is 0 Å². The average Bonchev–Trinajstić information content (AvgIpc) is 2.62. The highest BCUT2D eigenvalue weighted by atomic mass is 15.0. The first-order valence-electron chi connectivity index (χ1n) is 4.29. The van der Waals surface area contributed by atoms with Crippen molar-refractivity contribution in [2.24, 2.45) is 0 Å². The molecule has 2 aromatic heterocycles. The van der Waals surface area contributed by atoms with Crippen molar-refractivity contribution in [1.29, 1.82) is 0 Å². The molecule has 0 saturated heterocycles. The van der Waals surface area contributed by atoms with Crippen LogP contribution in [-0.4, -0.2) is 9.38 Å². The maximum atomic E-state index is 4.26. The van der Waals surface area contributed by atoms with Crippen LogP contribution in [0.15, 0.2) is 36.8 Å². The Labute approximate surface area is 77.5 Å². The first kappa shape index (κ1) is 8.05. The molecule has 2 rings (SSSR count). The number of nitrogens with zero attached hydrogens (tertiary/aromatic N) is 2. The van der Waals surface area contributed by atoms with Crippen LogP contribution in [0.25, 0.3) is 11.7 Å². The first-order valence-corrected chi connectivity index (χ1v) is 4.29. The van der Waals surface area contributed by atoms with E-state index in [1.54, 1.807) is 6.20 Å². The summed E-state index contributed by atoms with van der Waals surface area (Å²) in [5.41, 5.74) is 2.13. The van der Waals surface area contributed by atoms with Gasteiger partial charge in [-0.1, -0.05) is 12.2 Å². The van der Waals surface area contributed by atoms with E-state index in [-0.39, 0.29) is 0 Å². The van der Waals surface area contributed by atoms with Crippen molar-refractivity contribution in [2.45, 2.75) is 6.42 Å². The Morgan fingerprint density at radius 1 is 1.46 bits per heavy atom. The number of hydrogen-bond donors (Lipinski definition) is 0. The van der Waals surface area contributed by atoms with E-state index >= 15 is 0 Å². The highest BCUT2D eigenvalue weighted by Gasteiger charge is 1.96. The minimum absolute atomic E-state index is 0.807. The van der Waals surface area contributed by atoms with E-state index in [9.17, 15) is 0 Å². The lowest BCUT2D eigenvalue weighted by atomic mass is 10.2. The van der Waals surface area contributed by atoms with Gasteiger partial charge in [-0.3, -0.25) is 0 Å². The predicted octanol–water partition coefficient (Wildman–Crippen LogP) is 2.57. The van der Waals surface area contributed by atoms with Crippen molar-refractivity contribution in [3.8, 4) is 0 Å². The topological polar surface area (TPSA) is 17.3 Å². The molecule has 0 saturated carbocycles. The quantitative estimate of drug-likeness (QED) is 0.678. The zero-order valence-corrected chi connectivity index (χ0v) is 7.35. The van der Waals surface area contributed by atoms with Crippen molar-refractivity contribution in [3.63, 3.8) is 0 Å². The van der Waals surface area contributed by atoms with E-state index in [0.29, 0.717) is 0 Å². The van der Waals surface area contributed by atoms with Crippen LogP contribution < -0.4 is 0 Å². The summed E-state index contributed by atoms with van der Waals surface area (Å²) in [6.07, 6.45) is 10.6. The molecule has 0 spiro atoms. The summed E-state index contributed by atoms with van der Waals surface area (Å²) >= 11 is 0. The van der Waals surface area contributed by atoms with E-state index in [2.05, 4.69) is 24.1 Å². The fourth-order valence-corrected chi connectivity index (χ4v) is 1.31. The van der Waals surface area contributed by atoms with Gasteiger partial charge in [0.1, 0.15) is 5.65 Å². The van der Waals surface area contributed by atoms with Gasteiger partial charge in [0.2, 0.25) is 0 Å².